The van der Waals surface area contributed by atoms with Gasteiger partial charge in [-0.2, -0.15) is 0 Å². The number of carbonyl (C=O) groups is 1. The summed E-state index contributed by atoms with van der Waals surface area (Å²) < 4.78 is 12.6. The van der Waals surface area contributed by atoms with Gasteiger partial charge in [0.05, 0.1) is 13.7 Å². The highest BCUT2D eigenvalue weighted by Crippen LogP contribution is 2.42. The highest BCUT2D eigenvalue weighted by molar-refractivity contribution is 7.22. The summed E-state index contributed by atoms with van der Waals surface area (Å²) in [7, 11) is 1.66. The van der Waals surface area contributed by atoms with Gasteiger partial charge < -0.3 is 19.7 Å². The largest absolute Gasteiger partial charge is 0.508 e. The molecule has 2 saturated heterocycles. The summed E-state index contributed by atoms with van der Waals surface area (Å²) in [6.45, 7) is 5.53. The Balaban J connectivity index is 1.26. The summed E-state index contributed by atoms with van der Waals surface area (Å²) in [4.78, 5) is 19.7. The summed E-state index contributed by atoms with van der Waals surface area (Å²) >= 11 is 1.50. The number of likely N-dealkylation sites (tertiary alicyclic amines) is 2. The topological polar surface area (TPSA) is 82.5 Å². The van der Waals surface area contributed by atoms with Gasteiger partial charge in [0.2, 0.25) is 0 Å². The van der Waals surface area contributed by atoms with Gasteiger partial charge in [-0.3, -0.25) is 14.6 Å². The quantitative estimate of drug-likeness (QED) is 0.210. The molecule has 0 unspecified atom stereocenters. The maximum atomic E-state index is 14.1. The molecule has 2 N–H and O–H groups in total. The summed E-state index contributed by atoms with van der Waals surface area (Å²) in [5.41, 5.74) is 3.21. The summed E-state index contributed by atoms with van der Waals surface area (Å²) in [5.74, 6) is 1.60. The van der Waals surface area contributed by atoms with Gasteiger partial charge in [-0.25, -0.2) is 0 Å². The second-order valence-corrected chi connectivity index (χ2v) is 12.3. The van der Waals surface area contributed by atoms with Gasteiger partial charge in [0.25, 0.3) is 0 Å². The first-order valence-electron chi connectivity index (χ1n) is 14.8. The molecule has 8 heteroatoms. The van der Waals surface area contributed by atoms with Gasteiger partial charge in [-0.1, -0.05) is 12.1 Å². The van der Waals surface area contributed by atoms with Gasteiger partial charge in [-0.15, -0.1) is 11.3 Å². The lowest BCUT2D eigenvalue weighted by Gasteiger charge is -2.22. The Morgan fingerprint density at radius 3 is 2.57 bits per heavy atom. The number of aromatic hydroxyl groups is 1. The number of phenols is 1. The minimum atomic E-state index is -0.0719. The summed E-state index contributed by atoms with van der Waals surface area (Å²) in [5, 5.41) is 20.5. The molecular weight excluding hydrogens is 548 g/mol. The number of fused-ring (bicyclic) bond motifs is 1. The van der Waals surface area contributed by atoms with Crippen molar-refractivity contribution in [2.24, 2.45) is 0 Å². The molecule has 220 valence electrons. The molecule has 0 saturated carbocycles. The lowest BCUT2D eigenvalue weighted by molar-refractivity contribution is 0.104. The van der Waals surface area contributed by atoms with E-state index in [9.17, 15) is 15.0 Å². The fourth-order valence-corrected chi connectivity index (χ4v) is 7.47. The van der Waals surface area contributed by atoms with Gasteiger partial charge >= 0.3 is 0 Å². The Bertz CT molecular complexity index is 1540. The fraction of sp³-hybridized carbons (Fsp3) is 0.382. The molecule has 0 bridgehead atoms. The van der Waals surface area contributed by atoms with Crippen LogP contribution in [0.1, 0.15) is 47.2 Å². The van der Waals surface area contributed by atoms with E-state index in [4.69, 9.17) is 9.47 Å². The van der Waals surface area contributed by atoms with Crippen LogP contribution in [-0.2, 0) is 6.54 Å². The van der Waals surface area contributed by atoms with Gasteiger partial charge in [-0.05, 0) is 99.4 Å². The summed E-state index contributed by atoms with van der Waals surface area (Å²) in [6.07, 6.45) is 4.59. The highest BCUT2D eigenvalue weighted by atomic mass is 32.1. The molecule has 4 aromatic rings. The van der Waals surface area contributed by atoms with E-state index < -0.39 is 0 Å². The normalized spacial score (nSPS) is 17.7. The predicted octanol–water partition coefficient (Wildman–Crippen LogP) is 5.94. The van der Waals surface area contributed by atoms with E-state index >= 15 is 0 Å². The van der Waals surface area contributed by atoms with Crippen LogP contribution >= 0.6 is 11.3 Å². The van der Waals surface area contributed by atoms with E-state index in [1.807, 2.05) is 48.5 Å². The van der Waals surface area contributed by atoms with Crippen LogP contribution < -0.4 is 9.47 Å². The second kappa shape index (κ2) is 12.8. The zero-order valence-electron chi connectivity index (χ0n) is 24.1. The van der Waals surface area contributed by atoms with Crippen LogP contribution in [0.25, 0.3) is 20.5 Å². The van der Waals surface area contributed by atoms with Gasteiger partial charge in [0.15, 0.2) is 5.78 Å². The average Bonchev–Trinajstić information content (AvgIpc) is 3.77. The number of methoxy groups -OCH3 is 1. The van der Waals surface area contributed by atoms with Crippen molar-refractivity contribution in [2.75, 3.05) is 46.5 Å². The van der Waals surface area contributed by atoms with Gasteiger partial charge in [0.1, 0.15) is 23.9 Å². The smallest absolute Gasteiger partial charge is 0.195 e. The molecule has 0 amide bonds. The van der Waals surface area contributed by atoms with E-state index in [2.05, 4.69) is 9.80 Å². The molecule has 42 heavy (non-hydrogen) atoms. The molecule has 3 aromatic carbocycles. The van der Waals surface area contributed by atoms with Crippen molar-refractivity contribution in [3.63, 3.8) is 0 Å². The first kappa shape index (κ1) is 28.7. The van der Waals surface area contributed by atoms with Crippen LogP contribution in [-0.4, -0.2) is 78.3 Å². The van der Waals surface area contributed by atoms with Crippen molar-refractivity contribution in [2.45, 2.75) is 38.3 Å². The maximum Gasteiger partial charge on any atom is 0.195 e. The number of ketones is 1. The minimum Gasteiger partial charge on any atom is -0.508 e. The van der Waals surface area contributed by atoms with Crippen LogP contribution in [0.3, 0.4) is 0 Å². The molecule has 2 aliphatic heterocycles. The SMILES string of the molecule is COc1cc(C(=O)c2c(-c3ccc(OCCN4CCC[C@H]4CO)cc3)sc3cc(O)ccc23)ccc1CN1CCCC1. The molecule has 0 aliphatic carbocycles. The minimum absolute atomic E-state index is 0.0719. The Hall–Kier alpha value is -3.43. The number of benzene rings is 3. The fourth-order valence-electron chi connectivity index (χ4n) is 6.24. The van der Waals surface area contributed by atoms with Crippen LogP contribution in [0.5, 0.6) is 17.2 Å². The predicted molar refractivity (Wildman–Crippen MR) is 167 cm³/mol. The number of hydrogen-bond acceptors (Lipinski definition) is 8. The van der Waals surface area contributed by atoms with E-state index in [1.165, 1.54) is 24.2 Å². The van der Waals surface area contributed by atoms with E-state index in [1.54, 1.807) is 19.2 Å². The number of aliphatic hydroxyl groups excluding tert-OH is 1. The average molecular weight is 587 g/mol. The molecular formula is C34H38N2O5S. The maximum absolute atomic E-state index is 14.1. The van der Waals surface area contributed by atoms with Crippen molar-refractivity contribution < 1.29 is 24.5 Å². The molecule has 1 aromatic heterocycles. The molecule has 7 nitrogen and oxygen atoms in total. The Morgan fingerprint density at radius 2 is 1.81 bits per heavy atom. The third kappa shape index (κ3) is 6.03. The van der Waals surface area contributed by atoms with E-state index in [0.29, 0.717) is 17.7 Å². The zero-order chi connectivity index (χ0) is 29.1. The standard InChI is InChI=1S/C34H38N2O5S/c1-40-30-19-24(6-7-25(30)21-35-14-2-3-15-35)33(39)32-29-13-10-27(38)20-31(29)42-34(32)23-8-11-28(12-9-23)41-18-17-36-16-4-5-26(36)22-37/h6-13,19-20,26,37-38H,2-5,14-18,21-22H2,1H3/t26-/m0/s1. The van der Waals surface area contributed by atoms with Crippen molar-refractivity contribution in [1.29, 1.82) is 0 Å². The van der Waals surface area contributed by atoms with Crippen molar-refractivity contribution in [3.8, 4) is 27.7 Å². The number of rotatable bonds is 11. The first-order valence-corrected chi connectivity index (χ1v) is 15.6. The van der Waals surface area contributed by atoms with Crippen molar-refractivity contribution >= 4 is 27.2 Å². The number of carbonyl (C=O) groups excluding carboxylic acids is 1. The molecule has 2 fully saturated rings. The van der Waals surface area contributed by atoms with E-state index in [0.717, 1.165) is 83.2 Å². The molecule has 6 rings (SSSR count). The number of aliphatic hydroxyl groups is 1. The number of thiophene rings is 1. The van der Waals surface area contributed by atoms with Crippen LogP contribution in [0.15, 0.2) is 60.7 Å². The van der Waals surface area contributed by atoms with Gasteiger partial charge in [0, 0.05) is 50.8 Å². The Kier molecular flexibility index (Phi) is 8.76. The lowest BCUT2D eigenvalue weighted by atomic mass is 9.96. The van der Waals surface area contributed by atoms with Crippen molar-refractivity contribution in [1.82, 2.24) is 9.80 Å². The molecule has 0 spiro atoms. The Morgan fingerprint density at radius 1 is 1.00 bits per heavy atom. The first-order chi connectivity index (χ1) is 20.5. The molecule has 1 atom stereocenters. The van der Waals surface area contributed by atoms with Crippen LogP contribution in [0.2, 0.25) is 0 Å². The molecule has 2 aliphatic rings. The molecule has 0 radical (unpaired) electrons. The number of ether oxygens (including phenoxy) is 2. The third-order valence-corrected chi connectivity index (χ3v) is 9.72. The monoisotopic (exact) mass is 586 g/mol. The van der Waals surface area contributed by atoms with Crippen LogP contribution in [0, 0.1) is 0 Å². The third-order valence-electron chi connectivity index (χ3n) is 8.52. The summed E-state index contributed by atoms with van der Waals surface area (Å²) in [6, 6.07) is 19.1. The van der Waals surface area contributed by atoms with Crippen LogP contribution in [0.4, 0.5) is 0 Å². The number of phenolic OH excluding ortho intramolecular Hbond substituents is 1. The second-order valence-electron chi connectivity index (χ2n) is 11.2. The number of hydrogen-bond donors (Lipinski definition) is 2. The Labute approximate surface area is 250 Å². The zero-order valence-corrected chi connectivity index (χ0v) is 24.9. The highest BCUT2D eigenvalue weighted by Gasteiger charge is 2.25. The molecule has 3 heterocycles. The van der Waals surface area contributed by atoms with E-state index in [-0.39, 0.29) is 24.2 Å². The number of nitrogens with zero attached hydrogens (tertiary/aromatic N) is 2. The van der Waals surface area contributed by atoms with Crippen molar-refractivity contribution in [3.05, 3.63) is 77.4 Å². The lowest BCUT2D eigenvalue weighted by Crippen LogP contribution is -2.35.